The van der Waals surface area contributed by atoms with Crippen molar-refractivity contribution in [2.24, 2.45) is 5.73 Å². The third kappa shape index (κ3) is 3.31. The van der Waals surface area contributed by atoms with Crippen LogP contribution < -0.4 is 11.1 Å². The van der Waals surface area contributed by atoms with Gasteiger partial charge in [0.1, 0.15) is 0 Å². The van der Waals surface area contributed by atoms with Crippen LogP contribution in [0, 0.1) is 0 Å². The van der Waals surface area contributed by atoms with E-state index in [1.807, 2.05) is 19.9 Å². The van der Waals surface area contributed by atoms with Crippen molar-refractivity contribution in [3.63, 3.8) is 0 Å². The first-order chi connectivity index (χ1) is 9.06. The summed E-state index contributed by atoms with van der Waals surface area (Å²) in [5, 5.41) is 6.86. The summed E-state index contributed by atoms with van der Waals surface area (Å²) in [5.41, 5.74) is 6.62. The van der Waals surface area contributed by atoms with Gasteiger partial charge in [-0.05, 0) is 17.7 Å². The maximum atomic E-state index is 11.1. The Labute approximate surface area is 111 Å². The highest BCUT2D eigenvalue weighted by Crippen LogP contribution is 2.13. The molecule has 0 fully saturated rings. The molecule has 100 valence electrons. The molecule has 0 radical (unpaired) electrons. The summed E-state index contributed by atoms with van der Waals surface area (Å²) in [6, 6.07) is 7.45. The van der Waals surface area contributed by atoms with Crippen molar-refractivity contribution in [1.82, 2.24) is 10.1 Å². The Bertz CT molecular complexity index is 578. The molecule has 6 heteroatoms. The third-order valence-electron chi connectivity index (χ3n) is 2.61. The summed E-state index contributed by atoms with van der Waals surface area (Å²) < 4.78 is 5.06. The van der Waals surface area contributed by atoms with Crippen LogP contribution in [0.2, 0.25) is 0 Å². The Morgan fingerprint density at radius 2 is 2.26 bits per heavy atom. The van der Waals surface area contributed by atoms with Gasteiger partial charge in [0.15, 0.2) is 5.82 Å². The molecule has 0 spiro atoms. The van der Waals surface area contributed by atoms with Crippen LogP contribution in [0.25, 0.3) is 0 Å². The number of benzene rings is 1. The molecule has 1 heterocycles. The van der Waals surface area contributed by atoms with Crippen molar-refractivity contribution in [1.29, 1.82) is 0 Å². The number of carbonyl (C=O) groups excluding carboxylic acids is 1. The molecule has 1 aromatic carbocycles. The minimum absolute atomic E-state index is 0.220. The zero-order valence-corrected chi connectivity index (χ0v) is 10.9. The van der Waals surface area contributed by atoms with Crippen LogP contribution in [-0.4, -0.2) is 16.0 Å². The lowest BCUT2D eigenvalue weighted by atomic mass is 10.1. The first kappa shape index (κ1) is 13.1. The zero-order chi connectivity index (χ0) is 13.8. The van der Waals surface area contributed by atoms with E-state index in [4.69, 9.17) is 10.3 Å². The van der Waals surface area contributed by atoms with Gasteiger partial charge in [-0.1, -0.05) is 31.1 Å². The van der Waals surface area contributed by atoms with Crippen LogP contribution in [0.1, 0.15) is 41.5 Å². The molecule has 0 unspecified atom stereocenters. The summed E-state index contributed by atoms with van der Waals surface area (Å²) in [4.78, 5) is 15.3. The molecule has 0 saturated heterocycles. The van der Waals surface area contributed by atoms with Gasteiger partial charge in [-0.25, -0.2) is 0 Å². The SMILES string of the molecule is CC(C)c1noc(NCc2cccc(C(N)=O)c2)n1. The standard InChI is InChI=1S/C13H16N4O2/c1-8(2)12-16-13(19-17-12)15-7-9-4-3-5-10(6-9)11(14)18/h3-6,8H,7H2,1-2H3,(H2,14,18)(H,15,16,17). The number of nitrogens with zero attached hydrogens (tertiary/aromatic N) is 2. The second-order valence-electron chi connectivity index (χ2n) is 4.53. The Balaban J connectivity index is 2.01. The molecule has 0 aliphatic rings. The Morgan fingerprint density at radius 1 is 1.47 bits per heavy atom. The van der Waals surface area contributed by atoms with E-state index in [2.05, 4.69) is 15.5 Å². The van der Waals surface area contributed by atoms with Gasteiger partial charge in [0.25, 0.3) is 0 Å². The monoisotopic (exact) mass is 260 g/mol. The number of anilines is 1. The molecule has 19 heavy (non-hydrogen) atoms. The third-order valence-corrected chi connectivity index (χ3v) is 2.61. The number of primary amides is 1. The lowest BCUT2D eigenvalue weighted by Crippen LogP contribution is -2.11. The molecule has 0 aliphatic carbocycles. The van der Waals surface area contributed by atoms with Gasteiger partial charge in [0.2, 0.25) is 5.91 Å². The van der Waals surface area contributed by atoms with E-state index in [1.165, 1.54) is 0 Å². The maximum Gasteiger partial charge on any atom is 0.321 e. The Kier molecular flexibility index (Phi) is 3.79. The van der Waals surface area contributed by atoms with Gasteiger partial charge in [-0.3, -0.25) is 4.79 Å². The topological polar surface area (TPSA) is 94.0 Å². The molecule has 0 atom stereocenters. The fraction of sp³-hybridized carbons (Fsp3) is 0.308. The fourth-order valence-electron chi connectivity index (χ4n) is 1.55. The van der Waals surface area contributed by atoms with Crippen molar-refractivity contribution < 1.29 is 9.32 Å². The predicted octanol–water partition coefficient (Wildman–Crippen LogP) is 1.90. The lowest BCUT2D eigenvalue weighted by Gasteiger charge is -2.03. The molecule has 2 aromatic rings. The van der Waals surface area contributed by atoms with E-state index in [9.17, 15) is 4.79 Å². The minimum Gasteiger partial charge on any atom is -0.366 e. The van der Waals surface area contributed by atoms with Crippen molar-refractivity contribution in [2.45, 2.75) is 26.3 Å². The van der Waals surface area contributed by atoms with Crippen molar-refractivity contribution in [2.75, 3.05) is 5.32 Å². The van der Waals surface area contributed by atoms with Crippen molar-refractivity contribution in [3.05, 3.63) is 41.2 Å². The summed E-state index contributed by atoms with van der Waals surface area (Å²) in [5.74, 6) is 0.438. The number of amides is 1. The van der Waals surface area contributed by atoms with Gasteiger partial charge in [0, 0.05) is 18.0 Å². The van der Waals surface area contributed by atoms with Crippen LogP contribution >= 0.6 is 0 Å². The average Bonchev–Trinajstić information content (AvgIpc) is 2.85. The summed E-state index contributed by atoms with van der Waals surface area (Å²) >= 11 is 0. The molecule has 1 amide bonds. The smallest absolute Gasteiger partial charge is 0.321 e. The minimum atomic E-state index is -0.443. The normalized spacial score (nSPS) is 10.7. The molecule has 6 nitrogen and oxygen atoms in total. The lowest BCUT2D eigenvalue weighted by molar-refractivity contribution is 0.1000. The second kappa shape index (κ2) is 5.51. The number of aromatic nitrogens is 2. The highest BCUT2D eigenvalue weighted by atomic mass is 16.5. The fourth-order valence-corrected chi connectivity index (χ4v) is 1.55. The van der Waals surface area contributed by atoms with Crippen molar-refractivity contribution in [3.8, 4) is 0 Å². The van der Waals surface area contributed by atoms with E-state index in [-0.39, 0.29) is 5.92 Å². The molecule has 0 aliphatic heterocycles. The number of nitrogens with one attached hydrogen (secondary N) is 1. The molecular formula is C13H16N4O2. The van der Waals surface area contributed by atoms with Gasteiger partial charge >= 0.3 is 6.01 Å². The molecule has 1 aromatic heterocycles. The first-order valence-electron chi connectivity index (χ1n) is 6.02. The molecule has 0 bridgehead atoms. The van der Waals surface area contributed by atoms with Gasteiger partial charge < -0.3 is 15.6 Å². The van der Waals surface area contributed by atoms with Gasteiger partial charge in [-0.2, -0.15) is 4.98 Å². The van der Waals surface area contributed by atoms with E-state index >= 15 is 0 Å². The zero-order valence-electron chi connectivity index (χ0n) is 10.9. The molecule has 3 N–H and O–H groups in total. The highest BCUT2D eigenvalue weighted by molar-refractivity contribution is 5.92. The van der Waals surface area contributed by atoms with Crippen molar-refractivity contribution >= 4 is 11.9 Å². The number of nitrogens with two attached hydrogens (primary N) is 1. The number of hydrogen-bond donors (Lipinski definition) is 2. The van der Waals surface area contributed by atoms with Crippen LogP contribution in [0.5, 0.6) is 0 Å². The molecule has 2 rings (SSSR count). The summed E-state index contributed by atoms with van der Waals surface area (Å²) in [6.07, 6.45) is 0. The van der Waals surface area contributed by atoms with Gasteiger partial charge in [0.05, 0.1) is 0 Å². The van der Waals surface area contributed by atoms with E-state index in [0.29, 0.717) is 23.9 Å². The van der Waals surface area contributed by atoms with Crippen LogP contribution in [-0.2, 0) is 6.54 Å². The van der Waals surface area contributed by atoms with E-state index in [0.717, 1.165) is 5.56 Å². The maximum absolute atomic E-state index is 11.1. The highest BCUT2D eigenvalue weighted by Gasteiger charge is 2.09. The second-order valence-corrected chi connectivity index (χ2v) is 4.53. The van der Waals surface area contributed by atoms with Crippen LogP contribution in [0.15, 0.2) is 28.8 Å². The Morgan fingerprint density at radius 3 is 2.89 bits per heavy atom. The largest absolute Gasteiger partial charge is 0.366 e. The summed E-state index contributed by atoms with van der Waals surface area (Å²) in [6.45, 7) is 4.47. The first-order valence-corrected chi connectivity index (χ1v) is 6.02. The molecule has 0 saturated carbocycles. The van der Waals surface area contributed by atoms with Crippen LogP contribution in [0.4, 0.5) is 6.01 Å². The number of carbonyl (C=O) groups is 1. The van der Waals surface area contributed by atoms with Gasteiger partial charge in [-0.15, -0.1) is 0 Å². The average molecular weight is 260 g/mol. The summed E-state index contributed by atoms with van der Waals surface area (Å²) in [7, 11) is 0. The van der Waals surface area contributed by atoms with E-state index in [1.54, 1.807) is 18.2 Å². The van der Waals surface area contributed by atoms with E-state index < -0.39 is 5.91 Å². The van der Waals surface area contributed by atoms with Crippen LogP contribution in [0.3, 0.4) is 0 Å². The quantitative estimate of drug-likeness (QED) is 0.856. The number of rotatable bonds is 5. The number of hydrogen-bond acceptors (Lipinski definition) is 5. The Hall–Kier alpha value is -2.37. The predicted molar refractivity (Wildman–Crippen MR) is 70.7 cm³/mol. The molecular weight excluding hydrogens is 244 g/mol.